The molecule has 0 saturated heterocycles. The molecule has 0 saturated carbocycles. The van der Waals surface area contributed by atoms with E-state index in [-0.39, 0.29) is 11.3 Å². The number of amides is 2. The van der Waals surface area contributed by atoms with Crippen molar-refractivity contribution in [1.29, 1.82) is 0 Å². The zero-order chi connectivity index (χ0) is 19.8. The van der Waals surface area contributed by atoms with Crippen molar-refractivity contribution in [3.05, 3.63) is 84.3 Å². The second kappa shape index (κ2) is 9.04. The van der Waals surface area contributed by atoms with E-state index >= 15 is 0 Å². The number of para-hydroxylation sites is 2. The molecule has 0 fully saturated rings. The Labute approximate surface area is 160 Å². The number of hydrazine groups is 1. The standard InChI is InChI=1S/C20H17N3O5/c24-18(22-23-19(25)17-11-6-12-27-17)13-28-20(26)15-9-4-5-10-16(15)21-14-7-2-1-3-8-14/h1-12,21H,13H2,(H,22,24)(H,23,25). The molecule has 3 N–H and O–H groups in total. The van der Waals surface area contributed by atoms with Gasteiger partial charge in [-0.05, 0) is 36.4 Å². The summed E-state index contributed by atoms with van der Waals surface area (Å²) in [5.74, 6) is -1.95. The molecule has 0 aliphatic rings. The van der Waals surface area contributed by atoms with Gasteiger partial charge in [0, 0.05) is 5.69 Å². The quantitative estimate of drug-likeness (QED) is 0.449. The Morgan fingerprint density at radius 3 is 2.36 bits per heavy atom. The molecule has 0 spiro atoms. The molecule has 8 heteroatoms. The van der Waals surface area contributed by atoms with Gasteiger partial charge in [0.2, 0.25) is 0 Å². The average Bonchev–Trinajstić information content (AvgIpc) is 3.26. The number of furan rings is 1. The van der Waals surface area contributed by atoms with Crippen LogP contribution in [0.25, 0.3) is 0 Å². The van der Waals surface area contributed by atoms with Gasteiger partial charge >= 0.3 is 11.9 Å². The molecule has 0 atom stereocenters. The minimum atomic E-state index is -0.693. The van der Waals surface area contributed by atoms with E-state index in [4.69, 9.17) is 9.15 Å². The molecule has 2 amide bonds. The fourth-order valence-electron chi connectivity index (χ4n) is 2.29. The molecule has 0 aliphatic heterocycles. The van der Waals surface area contributed by atoms with Crippen molar-refractivity contribution >= 4 is 29.2 Å². The lowest BCUT2D eigenvalue weighted by molar-refractivity contribution is -0.125. The van der Waals surface area contributed by atoms with Crippen LogP contribution in [0.1, 0.15) is 20.9 Å². The number of carbonyl (C=O) groups excluding carboxylic acids is 3. The molecular weight excluding hydrogens is 362 g/mol. The minimum Gasteiger partial charge on any atom is -0.459 e. The molecule has 28 heavy (non-hydrogen) atoms. The molecule has 8 nitrogen and oxygen atoms in total. The molecule has 1 aromatic heterocycles. The second-order valence-corrected chi connectivity index (χ2v) is 5.59. The van der Waals surface area contributed by atoms with Crippen molar-refractivity contribution < 1.29 is 23.5 Å². The van der Waals surface area contributed by atoms with Gasteiger partial charge in [-0.3, -0.25) is 20.4 Å². The van der Waals surface area contributed by atoms with Crippen LogP contribution in [0.15, 0.2) is 77.4 Å². The molecule has 3 aromatic rings. The van der Waals surface area contributed by atoms with Crippen LogP contribution in [0.2, 0.25) is 0 Å². The van der Waals surface area contributed by atoms with Crippen molar-refractivity contribution in [1.82, 2.24) is 10.9 Å². The van der Waals surface area contributed by atoms with Gasteiger partial charge in [-0.15, -0.1) is 0 Å². The maximum atomic E-state index is 12.3. The van der Waals surface area contributed by atoms with Gasteiger partial charge in [-0.1, -0.05) is 30.3 Å². The van der Waals surface area contributed by atoms with Gasteiger partial charge in [0.1, 0.15) is 0 Å². The van der Waals surface area contributed by atoms with Crippen molar-refractivity contribution in [3.8, 4) is 0 Å². The van der Waals surface area contributed by atoms with Crippen LogP contribution in [0.5, 0.6) is 0 Å². The first-order chi connectivity index (χ1) is 13.6. The van der Waals surface area contributed by atoms with Crippen LogP contribution in [0, 0.1) is 0 Å². The third-order valence-electron chi connectivity index (χ3n) is 3.59. The van der Waals surface area contributed by atoms with E-state index in [2.05, 4.69) is 16.2 Å². The van der Waals surface area contributed by atoms with Crippen molar-refractivity contribution in [2.75, 3.05) is 11.9 Å². The van der Waals surface area contributed by atoms with E-state index in [1.54, 1.807) is 30.3 Å². The Bertz CT molecular complexity index is 955. The van der Waals surface area contributed by atoms with E-state index in [1.807, 2.05) is 30.3 Å². The first-order valence-electron chi connectivity index (χ1n) is 8.34. The first-order valence-corrected chi connectivity index (χ1v) is 8.34. The summed E-state index contributed by atoms with van der Waals surface area (Å²) in [6.07, 6.45) is 1.33. The maximum Gasteiger partial charge on any atom is 0.340 e. The fourth-order valence-corrected chi connectivity index (χ4v) is 2.29. The summed E-state index contributed by atoms with van der Waals surface area (Å²) in [7, 11) is 0. The van der Waals surface area contributed by atoms with Gasteiger partial charge in [0.05, 0.1) is 17.5 Å². The van der Waals surface area contributed by atoms with Gasteiger partial charge in [-0.25, -0.2) is 4.79 Å². The van der Waals surface area contributed by atoms with Crippen molar-refractivity contribution in [2.24, 2.45) is 0 Å². The third-order valence-corrected chi connectivity index (χ3v) is 3.59. The van der Waals surface area contributed by atoms with E-state index in [1.165, 1.54) is 12.3 Å². The highest BCUT2D eigenvalue weighted by Crippen LogP contribution is 2.21. The Morgan fingerprint density at radius 1 is 0.857 bits per heavy atom. The fraction of sp³-hybridized carbons (Fsp3) is 0.0500. The molecule has 0 bridgehead atoms. The summed E-state index contributed by atoms with van der Waals surface area (Å²) < 4.78 is 9.92. The number of hydrogen-bond acceptors (Lipinski definition) is 6. The molecular formula is C20H17N3O5. The summed E-state index contributed by atoms with van der Waals surface area (Å²) in [6, 6.07) is 19.1. The first kappa shape index (κ1) is 18.7. The third kappa shape index (κ3) is 4.98. The number of anilines is 2. The van der Waals surface area contributed by atoms with E-state index in [0.717, 1.165) is 5.69 Å². The largest absolute Gasteiger partial charge is 0.459 e. The number of nitrogens with one attached hydrogen (secondary N) is 3. The van der Waals surface area contributed by atoms with E-state index < -0.39 is 24.4 Å². The average molecular weight is 379 g/mol. The molecule has 142 valence electrons. The Morgan fingerprint density at radius 2 is 1.61 bits per heavy atom. The summed E-state index contributed by atoms with van der Waals surface area (Å²) in [5.41, 5.74) is 5.93. The Balaban J connectivity index is 1.53. The summed E-state index contributed by atoms with van der Waals surface area (Å²) in [4.78, 5) is 35.8. The van der Waals surface area contributed by atoms with Gasteiger partial charge in [0.15, 0.2) is 12.4 Å². The number of benzene rings is 2. The van der Waals surface area contributed by atoms with Crippen LogP contribution in [0.3, 0.4) is 0 Å². The number of esters is 1. The highest BCUT2D eigenvalue weighted by atomic mass is 16.5. The van der Waals surface area contributed by atoms with Crippen LogP contribution in [-0.4, -0.2) is 24.4 Å². The lowest BCUT2D eigenvalue weighted by Gasteiger charge is -2.12. The second-order valence-electron chi connectivity index (χ2n) is 5.59. The van der Waals surface area contributed by atoms with E-state index in [0.29, 0.717) is 5.69 Å². The highest BCUT2D eigenvalue weighted by molar-refractivity contribution is 5.98. The van der Waals surface area contributed by atoms with Crippen molar-refractivity contribution in [2.45, 2.75) is 0 Å². The number of rotatable bonds is 6. The zero-order valence-corrected chi connectivity index (χ0v) is 14.7. The smallest absolute Gasteiger partial charge is 0.340 e. The van der Waals surface area contributed by atoms with E-state index in [9.17, 15) is 14.4 Å². The molecule has 2 aromatic carbocycles. The lowest BCUT2D eigenvalue weighted by Crippen LogP contribution is -2.43. The Hall–Kier alpha value is -4.07. The lowest BCUT2D eigenvalue weighted by atomic mass is 10.1. The van der Waals surface area contributed by atoms with Gasteiger partial charge in [-0.2, -0.15) is 0 Å². The summed E-state index contributed by atoms with van der Waals surface area (Å²) >= 11 is 0. The monoisotopic (exact) mass is 379 g/mol. The summed E-state index contributed by atoms with van der Waals surface area (Å²) in [5, 5.41) is 3.13. The molecule has 0 unspecified atom stereocenters. The van der Waals surface area contributed by atoms with Crippen LogP contribution in [-0.2, 0) is 9.53 Å². The minimum absolute atomic E-state index is 0.0400. The molecule has 0 radical (unpaired) electrons. The molecule has 0 aliphatic carbocycles. The predicted octanol–water partition coefficient (Wildman–Crippen LogP) is 2.64. The van der Waals surface area contributed by atoms with Gasteiger partial charge < -0.3 is 14.5 Å². The predicted molar refractivity (Wildman–Crippen MR) is 101 cm³/mol. The van der Waals surface area contributed by atoms with Crippen LogP contribution in [0.4, 0.5) is 11.4 Å². The van der Waals surface area contributed by atoms with Crippen LogP contribution >= 0.6 is 0 Å². The zero-order valence-electron chi connectivity index (χ0n) is 14.7. The summed E-state index contributed by atoms with van der Waals surface area (Å²) in [6.45, 7) is -0.559. The number of hydrogen-bond donors (Lipinski definition) is 3. The van der Waals surface area contributed by atoms with Gasteiger partial charge in [0.25, 0.3) is 5.91 Å². The van der Waals surface area contributed by atoms with Crippen molar-refractivity contribution in [3.63, 3.8) is 0 Å². The van der Waals surface area contributed by atoms with Crippen LogP contribution < -0.4 is 16.2 Å². The Kier molecular flexibility index (Phi) is 6.04. The molecule has 3 rings (SSSR count). The maximum absolute atomic E-state index is 12.3. The number of carbonyl (C=O) groups is 3. The highest BCUT2D eigenvalue weighted by Gasteiger charge is 2.15. The SMILES string of the molecule is O=C(COC(=O)c1ccccc1Nc1ccccc1)NNC(=O)c1ccco1. The topological polar surface area (TPSA) is 110 Å². The molecule has 1 heterocycles. The normalized spacial score (nSPS) is 10.0. The number of ether oxygens (including phenoxy) is 1.